The molecule has 1 aromatic heterocycles. The van der Waals surface area contributed by atoms with Crippen LogP contribution in [-0.4, -0.2) is 33.3 Å². The van der Waals surface area contributed by atoms with Crippen molar-refractivity contribution in [3.05, 3.63) is 17.7 Å². The van der Waals surface area contributed by atoms with Gasteiger partial charge in [-0.15, -0.1) is 0 Å². The number of H-pyrrole nitrogens is 1. The van der Waals surface area contributed by atoms with Crippen LogP contribution in [-0.2, 0) is 11.2 Å². The summed E-state index contributed by atoms with van der Waals surface area (Å²) in [6, 6.07) is 0. The molecule has 1 heterocycles. The molecular formula is C11H18N2O3. The van der Waals surface area contributed by atoms with Gasteiger partial charge in [0.25, 0.3) is 0 Å². The van der Waals surface area contributed by atoms with Crippen LogP contribution in [0.1, 0.15) is 43.5 Å². The van der Waals surface area contributed by atoms with Crippen molar-refractivity contribution in [1.82, 2.24) is 9.97 Å². The molecular weight excluding hydrogens is 208 g/mol. The number of carbonyl (C=O) groups is 1. The Morgan fingerprint density at radius 1 is 1.56 bits per heavy atom. The van der Waals surface area contributed by atoms with Gasteiger partial charge in [0, 0.05) is 18.5 Å². The second kappa shape index (κ2) is 5.12. The molecule has 90 valence electrons. The molecule has 0 radical (unpaired) electrons. The van der Waals surface area contributed by atoms with Gasteiger partial charge in [-0.3, -0.25) is 0 Å². The number of aromatic amines is 1. The molecule has 0 unspecified atom stereocenters. The molecule has 5 heteroatoms. The lowest BCUT2D eigenvalue weighted by Crippen LogP contribution is -2.24. The highest BCUT2D eigenvalue weighted by atomic mass is 16.6. The van der Waals surface area contributed by atoms with Gasteiger partial charge >= 0.3 is 5.97 Å². The zero-order chi connectivity index (χ0) is 12.2. The van der Waals surface area contributed by atoms with Crippen LogP contribution in [0.15, 0.2) is 6.20 Å². The summed E-state index contributed by atoms with van der Waals surface area (Å²) in [6.07, 6.45) is 2.91. The number of rotatable bonds is 4. The fourth-order valence-electron chi connectivity index (χ4n) is 1.19. The van der Waals surface area contributed by atoms with Gasteiger partial charge in [-0.1, -0.05) is 0 Å². The average Bonchev–Trinajstić information content (AvgIpc) is 2.60. The van der Waals surface area contributed by atoms with Gasteiger partial charge in [0.1, 0.15) is 5.60 Å². The lowest BCUT2D eigenvalue weighted by atomic mass is 10.2. The second-order valence-corrected chi connectivity index (χ2v) is 4.59. The van der Waals surface area contributed by atoms with E-state index in [2.05, 4.69) is 9.97 Å². The molecule has 1 aromatic rings. The van der Waals surface area contributed by atoms with Crippen molar-refractivity contribution in [2.24, 2.45) is 0 Å². The summed E-state index contributed by atoms with van der Waals surface area (Å²) in [4.78, 5) is 18.4. The first-order valence-corrected chi connectivity index (χ1v) is 5.30. The summed E-state index contributed by atoms with van der Waals surface area (Å²) in [6.45, 7) is 5.54. The molecule has 5 nitrogen and oxygen atoms in total. The van der Waals surface area contributed by atoms with Crippen LogP contribution in [0.2, 0.25) is 0 Å². The molecule has 1 rings (SSSR count). The third kappa shape index (κ3) is 4.02. The molecule has 0 saturated heterocycles. The fourth-order valence-corrected chi connectivity index (χ4v) is 1.19. The monoisotopic (exact) mass is 226 g/mol. The van der Waals surface area contributed by atoms with Gasteiger partial charge in [0.15, 0.2) is 0 Å². The number of carbonyl (C=O) groups excluding carboxylic acids is 1. The topological polar surface area (TPSA) is 75.2 Å². The summed E-state index contributed by atoms with van der Waals surface area (Å²) in [5, 5.41) is 8.67. The first-order valence-electron chi connectivity index (χ1n) is 5.30. The van der Waals surface area contributed by atoms with Gasteiger partial charge < -0.3 is 14.8 Å². The summed E-state index contributed by atoms with van der Waals surface area (Å²) in [7, 11) is 0. The minimum Gasteiger partial charge on any atom is -0.454 e. The molecule has 0 aliphatic rings. The Hall–Kier alpha value is -1.36. The van der Waals surface area contributed by atoms with Crippen LogP contribution in [0, 0.1) is 0 Å². The van der Waals surface area contributed by atoms with Crippen LogP contribution in [0.25, 0.3) is 0 Å². The molecule has 0 saturated carbocycles. The molecule has 0 fully saturated rings. The highest BCUT2D eigenvalue weighted by Crippen LogP contribution is 2.10. The van der Waals surface area contributed by atoms with E-state index in [1.807, 2.05) is 0 Å². The predicted molar refractivity (Wildman–Crippen MR) is 59.2 cm³/mol. The maximum Gasteiger partial charge on any atom is 0.374 e. The molecule has 0 atom stereocenters. The third-order valence-electron chi connectivity index (χ3n) is 1.82. The normalized spacial score (nSPS) is 11.5. The SMILES string of the molecule is CC(C)(C)OC(=O)c1ncc(CCCO)[nH]1. The summed E-state index contributed by atoms with van der Waals surface area (Å²) in [5.41, 5.74) is 0.310. The van der Waals surface area contributed by atoms with E-state index in [4.69, 9.17) is 9.84 Å². The Bertz CT molecular complexity index is 352. The quantitative estimate of drug-likeness (QED) is 0.758. The van der Waals surface area contributed by atoms with E-state index in [0.717, 1.165) is 5.69 Å². The number of aromatic nitrogens is 2. The molecule has 2 N–H and O–H groups in total. The maximum absolute atomic E-state index is 11.6. The van der Waals surface area contributed by atoms with Crippen LogP contribution in [0.5, 0.6) is 0 Å². The molecule has 0 aliphatic heterocycles. The number of aliphatic hydroxyl groups is 1. The Labute approximate surface area is 94.8 Å². The lowest BCUT2D eigenvalue weighted by molar-refractivity contribution is 0.00567. The number of imidazole rings is 1. The smallest absolute Gasteiger partial charge is 0.374 e. The largest absolute Gasteiger partial charge is 0.454 e. The van der Waals surface area contributed by atoms with Crippen LogP contribution in [0.4, 0.5) is 0 Å². The number of aryl methyl sites for hydroxylation is 1. The van der Waals surface area contributed by atoms with E-state index in [-0.39, 0.29) is 12.4 Å². The molecule has 0 spiro atoms. The number of nitrogens with zero attached hydrogens (tertiary/aromatic N) is 1. The zero-order valence-electron chi connectivity index (χ0n) is 9.91. The van der Waals surface area contributed by atoms with Crippen LogP contribution < -0.4 is 0 Å². The van der Waals surface area contributed by atoms with E-state index in [1.54, 1.807) is 27.0 Å². The molecule has 0 aliphatic carbocycles. The van der Waals surface area contributed by atoms with Crippen molar-refractivity contribution in [3.8, 4) is 0 Å². The summed E-state index contributed by atoms with van der Waals surface area (Å²) < 4.78 is 5.16. The van der Waals surface area contributed by atoms with Crippen LogP contribution in [0.3, 0.4) is 0 Å². The minimum absolute atomic E-state index is 0.126. The van der Waals surface area contributed by atoms with E-state index in [9.17, 15) is 4.79 Å². The Balaban J connectivity index is 2.60. The number of ether oxygens (including phenoxy) is 1. The number of hydrogen-bond donors (Lipinski definition) is 2. The van der Waals surface area contributed by atoms with Crippen molar-refractivity contribution in [2.45, 2.75) is 39.2 Å². The number of hydrogen-bond acceptors (Lipinski definition) is 4. The zero-order valence-corrected chi connectivity index (χ0v) is 9.91. The Morgan fingerprint density at radius 2 is 2.25 bits per heavy atom. The van der Waals surface area contributed by atoms with Crippen molar-refractivity contribution >= 4 is 5.97 Å². The number of aliphatic hydroxyl groups excluding tert-OH is 1. The first-order chi connectivity index (χ1) is 7.42. The standard InChI is InChI=1S/C11H18N2O3/c1-11(2,3)16-10(15)9-12-7-8(13-9)5-4-6-14/h7,14H,4-6H2,1-3H3,(H,12,13). The van der Waals surface area contributed by atoms with Gasteiger partial charge in [0.05, 0.1) is 0 Å². The van der Waals surface area contributed by atoms with E-state index >= 15 is 0 Å². The molecule has 0 bridgehead atoms. The fraction of sp³-hybridized carbons (Fsp3) is 0.636. The van der Waals surface area contributed by atoms with Gasteiger partial charge in [-0.25, -0.2) is 9.78 Å². The van der Waals surface area contributed by atoms with Crippen LogP contribution >= 0.6 is 0 Å². The average molecular weight is 226 g/mol. The van der Waals surface area contributed by atoms with Crippen molar-refractivity contribution < 1.29 is 14.6 Å². The highest BCUT2D eigenvalue weighted by Gasteiger charge is 2.19. The summed E-state index contributed by atoms with van der Waals surface area (Å²) >= 11 is 0. The number of nitrogens with one attached hydrogen (secondary N) is 1. The minimum atomic E-state index is -0.519. The Morgan fingerprint density at radius 3 is 2.81 bits per heavy atom. The van der Waals surface area contributed by atoms with Crippen molar-refractivity contribution in [2.75, 3.05) is 6.61 Å². The summed E-state index contributed by atoms with van der Waals surface area (Å²) in [5.74, 6) is -0.245. The molecule has 0 amide bonds. The maximum atomic E-state index is 11.6. The Kier molecular flexibility index (Phi) is 4.06. The molecule has 0 aromatic carbocycles. The van der Waals surface area contributed by atoms with Crippen molar-refractivity contribution in [1.29, 1.82) is 0 Å². The number of esters is 1. The molecule has 16 heavy (non-hydrogen) atoms. The third-order valence-corrected chi connectivity index (χ3v) is 1.82. The second-order valence-electron chi connectivity index (χ2n) is 4.59. The van der Waals surface area contributed by atoms with Gasteiger partial charge in [-0.05, 0) is 33.6 Å². The predicted octanol–water partition coefficient (Wildman–Crippen LogP) is 1.29. The van der Waals surface area contributed by atoms with E-state index < -0.39 is 11.6 Å². The van der Waals surface area contributed by atoms with Gasteiger partial charge in [-0.2, -0.15) is 0 Å². The van der Waals surface area contributed by atoms with Gasteiger partial charge in [0.2, 0.25) is 5.82 Å². The van der Waals surface area contributed by atoms with Crippen molar-refractivity contribution in [3.63, 3.8) is 0 Å². The van der Waals surface area contributed by atoms with E-state index in [1.165, 1.54) is 0 Å². The highest BCUT2D eigenvalue weighted by molar-refractivity contribution is 5.85. The van der Waals surface area contributed by atoms with E-state index in [0.29, 0.717) is 12.8 Å². The first kappa shape index (κ1) is 12.7. The lowest BCUT2D eigenvalue weighted by Gasteiger charge is -2.18.